The normalized spacial score (nSPS) is 15.8. The maximum Gasteiger partial charge on any atom is 0.328 e. The lowest BCUT2D eigenvalue weighted by atomic mass is 10.0. The fourth-order valence-electron chi connectivity index (χ4n) is 3.49. The molecule has 0 spiro atoms. The van der Waals surface area contributed by atoms with Crippen LogP contribution in [0.2, 0.25) is 5.02 Å². The Hall–Kier alpha value is -2.74. The lowest BCUT2D eigenvalue weighted by molar-refractivity contribution is -0.134. The van der Waals surface area contributed by atoms with Gasteiger partial charge in [-0.25, -0.2) is 9.78 Å². The van der Waals surface area contributed by atoms with Gasteiger partial charge in [0.15, 0.2) is 0 Å². The smallest absolute Gasteiger partial charge is 0.328 e. The fraction of sp³-hybridized carbons (Fsp3) is 0.261. The average molecular weight is 457 g/mol. The molecule has 1 aromatic heterocycles. The minimum Gasteiger partial charge on any atom is -0.478 e. The molecule has 0 bridgehead atoms. The van der Waals surface area contributed by atoms with Crippen molar-refractivity contribution in [1.29, 1.82) is 0 Å². The number of aliphatic carboxylic acids is 1. The van der Waals surface area contributed by atoms with Gasteiger partial charge < -0.3 is 15.1 Å². The van der Waals surface area contributed by atoms with Crippen LogP contribution in [-0.4, -0.2) is 38.5 Å². The van der Waals surface area contributed by atoms with Crippen LogP contribution in [0.15, 0.2) is 60.7 Å². The van der Waals surface area contributed by atoms with Gasteiger partial charge in [0.05, 0.1) is 10.2 Å². The molecule has 160 valence electrons. The van der Waals surface area contributed by atoms with E-state index in [4.69, 9.17) is 21.7 Å². The molecule has 1 fully saturated rings. The van der Waals surface area contributed by atoms with Crippen molar-refractivity contribution in [2.45, 2.75) is 25.0 Å². The topological polar surface area (TPSA) is 90.7 Å². The van der Waals surface area contributed by atoms with Crippen molar-refractivity contribution < 1.29 is 19.8 Å². The number of halogens is 1. The van der Waals surface area contributed by atoms with E-state index < -0.39 is 24.0 Å². The second-order valence-corrected chi connectivity index (χ2v) is 9.07. The van der Waals surface area contributed by atoms with E-state index in [-0.39, 0.29) is 0 Å². The first-order chi connectivity index (χ1) is 14.9. The molecule has 0 radical (unpaired) electrons. The Labute approximate surface area is 188 Å². The standard InChI is InChI=1S/C23H21ClN2O4S/c24-16-5-3-4-15(12-16)22(30)21(23-25-17-6-1-2-7-18(17)31-23)26(13-14-8-9-14)19(27)10-11-20(28)29/h1-7,10-12,14,21-22,30H,8-9,13H2,(H,28,29)/t21-,22-/m1/s1. The van der Waals surface area contributed by atoms with Gasteiger partial charge in [0, 0.05) is 23.7 Å². The van der Waals surface area contributed by atoms with Gasteiger partial charge in [-0.3, -0.25) is 4.79 Å². The van der Waals surface area contributed by atoms with Crippen molar-refractivity contribution in [3.8, 4) is 0 Å². The number of hydrogen-bond acceptors (Lipinski definition) is 5. The lowest BCUT2D eigenvalue weighted by Gasteiger charge is -2.33. The zero-order valence-electron chi connectivity index (χ0n) is 16.5. The number of hydrogen-bond donors (Lipinski definition) is 2. The van der Waals surface area contributed by atoms with Crippen molar-refractivity contribution in [2.24, 2.45) is 5.92 Å². The highest BCUT2D eigenvalue weighted by Gasteiger charge is 2.37. The second kappa shape index (κ2) is 9.18. The number of nitrogens with zero attached hydrogens (tertiary/aromatic N) is 2. The fourth-order valence-corrected chi connectivity index (χ4v) is 4.80. The monoisotopic (exact) mass is 456 g/mol. The maximum atomic E-state index is 13.1. The van der Waals surface area contributed by atoms with Crippen molar-refractivity contribution in [3.63, 3.8) is 0 Å². The van der Waals surface area contributed by atoms with Gasteiger partial charge in [-0.2, -0.15) is 0 Å². The van der Waals surface area contributed by atoms with Crippen molar-refractivity contribution >= 4 is 45.0 Å². The molecule has 1 heterocycles. The number of carbonyl (C=O) groups excluding carboxylic acids is 1. The van der Waals surface area contributed by atoms with Gasteiger partial charge in [0.1, 0.15) is 17.2 Å². The number of carboxylic acids is 1. The predicted molar refractivity (Wildman–Crippen MR) is 120 cm³/mol. The van der Waals surface area contributed by atoms with Crippen LogP contribution in [0, 0.1) is 5.92 Å². The minimum atomic E-state index is -1.20. The van der Waals surface area contributed by atoms with Crippen LogP contribution in [0.1, 0.15) is 35.6 Å². The van der Waals surface area contributed by atoms with Gasteiger partial charge >= 0.3 is 5.97 Å². The van der Waals surface area contributed by atoms with Crippen molar-refractivity contribution in [3.05, 3.63) is 76.3 Å². The third-order valence-electron chi connectivity index (χ3n) is 5.19. The molecule has 0 unspecified atom stereocenters. The molecular formula is C23H21ClN2O4S. The van der Waals surface area contributed by atoms with E-state index in [1.807, 2.05) is 24.3 Å². The Balaban J connectivity index is 1.80. The first kappa shape index (κ1) is 21.5. The van der Waals surface area contributed by atoms with Crippen molar-refractivity contribution in [1.82, 2.24) is 9.88 Å². The summed E-state index contributed by atoms with van der Waals surface area (Å²) in [6.07, 6.45) is 2.76. The number of para-hydroxylation sites is 1. The minimum absolute atomic E-state index is 0.325. The largest absolute Gasteiger partial charge is 0.478 e. The Bertz CT molecular complexity index is 1110. The van der Waals surface area contributed by atoms with Crippen LogP contribution >= 0.6 is 22.9 Å². The summed E-state index contributed by atoms with van der Waals surface area (Å²) in [5, 5.41) is 21.4. The van der Waals surface area contributed by atoms with Crippen LogP contribution in [0.5, 0.6) is 0 Å². The van der Waals surface area contributed by atoms with Gasteiger partial charge in [0.25, 0.3) is 0 Å². The second-order valence-electron chi connectivity index (χ2n) is 7.57. The first-order valence-corrected chi connectivity index (χ1v) is 11.1. The molecule has 1 aliphatic rings. The zero-order chi connectivity index (χ0) is 22.0. The van der Waals surface area contributed by atoms with Crippen LogP contribution in [0.25, 0.3) is 10.2 Å². The summed E-state index contributed by atoms with van der Waals surface area (Å²) in [4.78, 5) is 30.3. The number of aliphatic hydroxyl groups is 1. The van der Waals surface area contributed by atoms with Crippen LogP contribution < -0.4 is 0 Å². The third kappa shape index (κ3) is 5.12. The number of thiazole rings is 1. The Morgan fingerprint density at radius 1 is 1.19 bits per heavy atom. The van der Waals surface area contributed by atoms with Gasteiger partial charge in [0.2, 0.25) is 5.91 Å². The Morgan fingerprint density at radius 3 is 2.65 bits per heavy atom. The number of carboxylic acid groups (broad SMARTS) is 1. The molecule has 2 aromatic carbocycles. The molecule has 4 rings (SSSR count). The number of aliphatic hydroxyl groups excluding tert-OH is 1. The molecule has 6 nitrogen and oxygen atoms in total. The number of aromatic nitrogens is 1. The van der Waals surface area contributed by atoms with Gasteiger partial charge in [-0.1, -0.05) is 35.9 Å². The molecule has 2 atom stereocenters. The Kier molecular flexibility index (Phi) is 6.36. The molecule has 1 saturated carbocycles. The summed E-state index contributed by atoms with van der Waals surface area (Å²) in [5.74, 6) is -1.35. The number of fused-ring (bicyclic) bond motifs is 1. The van der Waals surface area contributed by atoms with E-state index in [2.05, 4.69) is 0 Å². The van der Waals surface area contributed by atoms with E-state index in [9.17, 15) is 14.7 Å². The van der Waals surface area contributed by atoms with E-state index in [0.29, 0.717) is 28.1 Å². The third-order valence-corrected chi connectivity index (χ3v) is 6.53. The molecule has 31 heavy (non-hydrogen) atoms. The average Bonchev–Trinajstić information content (AvgIpc) is 3.47. The highest BCUT2D eigenvalue weighted by molar-refractivity contribution is 7.18. The van der Waals surface area contributed by atoms with E-state index >= 15 is 0 Å². The summed E-state index contributed by atoms with van der Waals surface area (Å²) in [6.45, 7) is 0.418. The SMILES string of the molecule is O=C(O)C=CC(=O)N(CC1CC1)[C@@H](c1nc2ccccc2s1)[C@H](O)c1cccc(Cl)c1. The molecule has 0 aliphatic heterocycles. The highest BCUT2D eigenvalue weighted by atomic mass is 35.5. The van der Waals surface area contributed by atoms with Crippen LogP contribution in [0.3, 0.4) is 0 Å². The molecule has 2 N–H and O–H groups in total. The van der Waals surface area contributed by atoms with Gasteiger partial charge in [-0.05, 0) is 48.6 Å². The number of benzene rings is 2. The maximum absolute atomic E-state index is 13.1. The molecule has 8 heteroatoms. The quantitative estimate of drug-likeness (QED) is 0.483. The highest BCUT2D eigenvalue weighted by Crippen LogP contribution is 2.41. The number of rotatable bonds is 8. The Morgan fingerprint density at radius 2 is 1.97 bits per heavy atom. The molecule has 1 amide bonds. The number of amides is 1. The predicted octanol–water partition coefficient (Wildman–Crippen LogP) is 4.60. The molecular weight excluding hydrogens is 436 g/mol. The molecule has 0 saturated heterocycles. The van der Waals surface area contributed by atoms with Gasteiger partial charge in [-0.15, -0.1) is 11.3 Å². The van der Waals surface area contributed by atoms with Crippen LogP contribution in [-0.2, 0) is 9.59 Å². The van der Waals surface area contributed by atoms with E-state index in [1.54, 1.807) is 29.2 Å². The molecule has 1 aliphatic carbocycles. The van der Waals surface area contributed by atoms with E-state index in [0.717, 1.165) is 35.2 Å². The summed E-state index contributed by atoms with van der Waals surface area (Å²) >= 11 is 7.56. The summed E-state index contributed by atoms with van der Waals surface area (Å²) in [6, 6.07) is 13.7. The first-order valence-electron chi connectivity index (χ1n) is 9.93. The summed E-state index contributed by atoms with van der Waals surface area (Å²) in [7, 11) is 0. The molecule has 3 aromatic rings. The lowest BCUT2D eigenvalue weighted by Crippen LogP contribution is -2.38. The summed E-state index contributed by atoms with van der Waals surface area (Å²) in [5.41, 5.74) is 1.35. The van der Waals surface area contributed by atoms with E-state index in [1.165, 1.54) is 11.3 Å². The van der Waals surface area contributed by atoms with Crippen LogP contribution in [0.4, 0.5) is 0 Å². The zero-order valence-corrected chi connectivity index (χ0v) is 18.1. The number of carbonyl (C=O) groups is 2. The summed E-state index contributed by atoms with van der Waals surface area (Å²) < 4.78 is 0.945. The van der Waals surface area contributed by atoms with Crippen molar-refractivity contribution in [2.75, 3.05) is 6.54 Å².